The zero-order valence-electron chi connectivity index (χ0n) is 22.9. The topological polar surface area (TPSA) is 96.2 Å². The second-order valence-electron chi connectivity index (χ2n) is 10.6. The third kappa shape index (κ3) is 6.84. The lowest BCUT2D eigenvalue weighted by atomic mass is 9.76. The van der Waals surface area contributed by atoms with Gasteiger partial charge in [-0.05, 0) is 68.3 Å². The van der Waals surface area contributed by atoms with E-state index in [0.717, 1.165) is 66.7 Å². The molecular formula is C30H37FN4O4. The van der Waals surface area contributed by atoms with Crippen molar-refractivity contribution in [3.63, 3.8) is 0 Å². The highest BCUT2D eigenvalue weighted by Crippen LogP contribution is 2.40. The van der Waals surface area contributed by atoms with Gasteiger partial charge in [-0.25, -0.2) is 8.91 Å². The quantitative estimate of drug-likeness (QED) is 0.249. The lowest BCUT2D eigenvalue weighted by Gasteiger charge is -2.41. The molecule has 4 rings (SSSR count). The fourth-order valence-corrected chi connectivity index (χ4v) is 5.35. The predicted octanol–water partition coefficient (Wildman–Crippen LogP) is 4.96. The van der Waals surface area contributed by atoms with Gasteiger partial charge in [0.2, 0.25) is 0 Å². The lowest BCUT2D eigenvalue weighted by molar-refractivity contribution is -0.136. The molecule has 3 aromatic rings. The van der Waals surface area contributed by atoms with E-state index in [0.29, 0.717) is 30.9 Å². The Morgan fingerprint density at radius 3 is 2.72 bits per heavy atom. The first kappa shape index (κ1) is 28.3. The van der Waals surface area contributed by atoms with Crippen LogP contribution < -0.4 is 15.0 Å². The van der Waals surface area contributed by atoms with Crippen molar-refractivity contribution >= 4 is 23.5 Å². The Balaban J connectivity index is 1.37. The average molecular weight is 537 g/mol. The Bertz CT molecular complexity index is 1360. The smallest absolute Gasteiger partial charge is 0.307 e. The number of anilines is 1. The maximum atomic E-state index is 13.6. The molecule has 0 aliphatic carbocycles. The standard InChI is InChI=1S/C30H37FN4O4/c1-21-19-35-26(16-24(20-36)33-35)29(25(21)17-28(37)38)34-12-10-30(2,11-13-34)9-5-4-6-14-39-27-15-23(31)8-7-22(27)18-32-3/h4,6-8,15-16,19-20,32H,5,9-14,17-18H2,1-3H3,(H,37,38)/b6-4+. The van der Waals surface area contributed by atoms with Crippen molar-refractivity contribution < 1.29 is 23.8 Å². The Kier molecular flexibility index (Phi) is 9.01. The molecule has 0 radical (unpaired) electrons. The molecule has 1 aliphatic heterocycles. The number of carboxylic acids is 1. The minimum atomic E-state index is -0.882. The van der Waals surface area contributed by atoms with Crippen LogP contribution in [0.4, 0.5) is 10.1 Å². The van der Waals surface area contributed by atoms with Crippen molar-refractivity contribution in [1.82, 2.24) is 14.9 Å². The Labute approximate surface area is 228 Å². The van der Waals surface area contributed by atoms with Gasteiger partial charge in [-0.1, -0.05) is 25.1 Å². The number of aromatic nitrogens is 2. The molecule has 1 saturated heterocycles. The number of rotatable bonds is 12. The van der Waals surface area contributed by atoms with E-state index in [2.05, 4.69) is 28.3 Å². The molecule has 1 fully saturated rings. The van der Waals surface area contributed by atoms with Gasteiger partial charge in [-0.15, -0.1) is 0 Å². The van der Waals surface area contributed by atoms with Crippen LogP contribution in [0, 0.1) is 18.2 Å². The number of aldehydes is 1. The van der Waals surface area contributed by atoms with Crippen molar-refractivity contribution in [3.05, 3.63) is 70.8 Å². The molecule has 1 aliphatic rings. The summed E-state index contributed by atoms with van der Waals surface area (Å²) in [5.74, 6) is -0.640. The second-order valence-corrected chi connectivity index (χ2v) is 10.6. The second kappa shape index (κ2) is 12.4. The number of hydrogen-bond donors (Lipinski definition) is 2. The minimum Gasteiger partial charge on any atom is -0.489 e. The van der Waals surface area contributed by atoms with Crippen LogP contribution in [0.1, 0.15) is 59.8 Å². The number of fused-ring (bicyclic) bond motifs is 1. The van der Waals surface area contributed by atoms with E-state index in [4.69, 9.17) is 4.74 Å². The van der Waals surface area contributed by atoms with Gasteiger partial charge in [-0.2, -0.15) is 5.10 Å². The van der Waals surface area contributed by atoms with Gasteiger partial charge in [0.05, 0.1) is 17.6 Å². The van der Waals surface area contributed by atoms with E-state index in [-0.39, 0.29) is 17.7 Å². The number of carbonyl (C=O) groups excluding carboxylic acids is 1. The largest absolute Gasteiger partial charge is 0.489 e. The molecular weight excluding hydrogens is 499 g/mol. The van der Waals surface area contributed by atoms with Crippen molar-refractivity contribution in [1.29, 1.82) is 0 Å². The maximum absolute atomic E-state index is 13.6. The molecule has 2 aromatic heterocycles. The number of nitrogens with zero attached hydrogens (tertiary/aromatic N) is 3. The van der Waals surface area contributed by atoms with Crippen LogP contribution in [0.25, 0.3) is 5.52 Å². The molecule has 1 aromatic carbocycles. The fraction of sp³-hybridized carbons (Fsp3) is 0.433. The van der Waals surface area contributed by atoms with Gasteiger partial charge in [0.1, 0.15) is 23.9 Å². The van der Waals surface area contributed by atoms with Gasteiger partial charge in [0.15, 0.2) is 6.29 Å². The van der Waals surface area contributed by atoms with Gasteiger partial charge in [-0.3, -0.25) is 9.59 Å². The number of pyridine rings is 1. The summed E-state index contributed by atoms with van der Waals surface area (Å²) in [6.45, 7) is 6.78. The summed E-state index contributed by atoms with van der Waals surface area (Å²) < 4.78 is 21.1. The number of nitrogens with one attached hydrogen (secondary N) is 1. The third-order valence-electron chi connectivity index (χ3n) is 7.62. The predicted molar refractivity (Wildman–Crippen MR) is 149 cm³/mol. The Hall–Kier alpha value is -3.72. The number of carbonyl (C=O) groups is 2. The van der Waals surface area contributed by atoms with Crippen LogP contribution in [-0.4, -0.2) is 53.7 Å². The summed E-state index contributed by atoms with van der Waals surface area (Å²) in [6.07, 6.45) is 10.4. The summed E-state index contributed by atoms with van der Waals surface area (Å²) in [6, 6.07) is 6.33. The summed E-state index contributed by atoms with van der Waals surface area (Å²) in [4.78, 5) is 25.3. The number of carboxylic acid groups (broad SMARTS) is 1. The highest BCUT2D eigenvalue weighted by atomic mass is 19.1. The van der Waals surface area contributed by atoms with Crippen LogP contribution in [0.2, 0.25) is 0 Å². The highest BCUT2D eigenvalue weighted by molar-refractivity contribution is 5.86. The van der Waals surface area contributed by atoms with E-state index in [1.807, 2.05) is 20.0 Å². The molecule has 0 unspecified atom stereocenters. The van der Waals surface area contributed by atoms with Gasteiger partial charge in [0.25, 0.3) is 0 Å². The number of benzene rings is 1. The molecule has 39 heavy (non-hydrogen) atoms. The highest BCUT2D eigenvalue weighted by Gasteiger charge is 2.31. The zero-order chi connectivity index (χ0) is 28.0. The summed E-state index contributed by atoms with van der Waals surface area (Å²) in [5, 5.41) is 17.0. The third-order valence-corrected chi connectivity index (χ3v) is 7.62. The van der Waals surface area contributed by atoms with Crippen LogP contribution in [0.15, 0.2) is 42.6 Å². The first-order valence-corrected chi connectivity index (χ1v) is 13.4. The number of ether oxygens (including phenoxy) is 1. The molecule has 0 amide bonds. The Morgan fingerprint density at radius 2 is 2.03 bits per heavy atom. The van der Waals surface area contributed by atoms with Crippen LogP contribution in [0.5, 0.6) is 5.75 Å². The molecule has 9 heteroatoms. The van der Waals surface area contributed by atoms with E-state index >= 15 is 0 Å². The molecule has 3 heterocycles. The SMILES string of the molecule is CNCc1ccc(F)cc1OC/C=C/CCC1(C)CCN(c2c(CC(=O)O)c(C)cn3nc(C=O)cc23)CC1. The van der Waals surface area contributed by atoms with Crippen molar-refractivity contribution in [2.24, 2.45) is 5.41 Å². The summed E-state index contributed by atoms with van der Waals surface area (Å²) in [7, 11) is 1.84. The average Bonchev–Trinajstić information content (AvgIpc) is 3.31. The summed E-state index contributed by atoms with van der Waals surface area (Å²) in [5.41, 5.74) is 4.66. The molecule has 8 nitrogen and oxygen atoms in total. The van der Waals surface area contributed by atoms with Crippen LogP contribution in [0.3, 0.4) is 0 Å². The Morgan fingerprint density at radius 1 is 1.26 bits per heavy atom. The normalized spacial score (nSPS) is 15.2. The minimum absolute atomic E-state index is 0.0774. The zero-order valence-corrected chi connectivity index (χ0v) is 22.9. The van der Waals surface area contributed by atoms with Gasteiger partial charge < -0.3 is 20.1 Å². The number of halogens is 1. The number of piperidine rings is 1. The molecule has 2 N–H and O–H groups in total. The molecule has 0 bridgehead atoms. The van der Waals surface area contributed by atoms with Crippen LogP contribution >= 0.6 is 0 Å². The van der Waals surface area contributed by atoms with Crippen LogP contribution in [-0.2, 0) is 17.8 Å². The van der Waals surface area contributed by atoms with E-state index in [1.54, 1.807) is 22.8 Å². The molecule has 0 atom stereocenters. The van der Waals surface area contributed by atoms with Crippen molar-refractivity contribution in [2.75, 3.05) is 31.6 Å². The van der Waals surface area contributed by atoms with Gasteiger partial charge in [0, 0.05) is 37.5 Å². The molecule has 0 spiro atoms. The molecule has 0 saturated carbocycles. The molecule has 208 valence electrons. The van der Waals surface area contributed by atoms with Gasteiger partial charge >= 0.3 is 5.97 Å². The van der Waals surface area contributed by atoms with E-state index < -0.39 is 5.97 Å². The number of aliphatic carboxylic acids is 1. The number of aryl methyl sites for hydroxylation is 1. The van der Waals surface area contributed by atoms with Crippen molar-refractivity contribution in [3.8, 4) is 5.75 Å². The lowest BCUT2D eigenvalue weighted by Crippen LogP contribution is -2.39. The number of allylic oxidation sites excluding steroid dienone is 1. The van der Waals surface area contributed by atoms with E-state index in [9.17, 15) is 19.1 Å². The number of hydrogen-bond acceptors (Lipinski definition) is 6. The first-order chi connectivity index (χ1) is 18.7. The van der Waals surface area contributed by atoms with E-state index in [1.165, 1.54) is 12.1 Å². The van der Waals surface area contributed by atoms with Crippen molar-refractivity contribution in [2.45, 2.75) is 52.5 Å². The maximum Gasteiger partial charge on any atom is 0.307 e. The summed E-state index contributed by atoms with van der Waals surface area (Å²) >= 11 is 0. The first-order valence-electron chi connectivity index (χ1n) is 13.4. The monoisotopic (exact) mass is 536 g/mol. The fourth-order valence-electron chi connectivity index (χ4n) is 5.35.